The summed E-state index contributed by atoms with van der Waals surface area (Å²) in [6.45, 7) is 0. The van der Waals surface area contributed by atoms with Crippen LogP contribution in [0.25, 0.3) is 10.9 Å². The van der Waals surface area contributed by atoms with Crippen LogP contribution >= 0.6 is 22.6 Å². The quantitative estimate of drug-likeness (QED) is 0.206. The summed E-state index contributed by atoms with van der Waals surface area (Å²) in [5.41, 5.74) is 1.33. The van der Waals surface area contributed by atoms with Crippen LogP contribution in [0.15, 0.2) is 41.5 Å². The number of carbonyl (C=O) groups is 1. The van der Waals surface area contributed by atoms with Gasteiger partial charge in [-0.1, -0.05) is 22.6 Å². The second-order valence-corrected chi connectivity index (χ2v) is 9.75. The van der Waals surface area contributed by atoms with E-state index in [9.17, 15) is 9.59 Å². The summed E-state index contributed by atoms with van der Waals surface area (Å²) in [6.07, 6.45) is 10.6. The standard InChI is InChI=1S/C24H27IN4O3.HI.Li/c1-32-22-12-21-16(14-29(27-21)18-6-4-15(13-25)5-7-18)11-19(22)23(30)26-20-3-2-10-28(24(20)31)17-8-9-17;;/h2-3,10-12,14-15,17-18H,4-9,13H2,1H3,(H,26,30);1H;/q;;+1/p-1. The van der Waals surface area contributed by atoms with Crippen LogP contribution in [-0.4, -0.2) is 31.8 Å². The van der Waals surface area contributed by atoms with Crippen molar-refractivity contribution in [2.75, 3.05) is 16.9 Å². The number of ether oxygens (including phenoxy) is 1. The Balaban J connectivity index is 0.00000162. The normalized spacial score (nSPS) is 19.7. The molecule has 0 aliphatic heterocycles. The predicted molar refractivity (Wildman–Crippen MR) is 133 cm³/mol. The van der Waals surface area contributed by atoms with Crippen LogP contribution in [0, 0.1) is 5.92 Å². The molecule has 2 aromatic heterocycles. The van der Waals surface area contributed by atoms with E-state index in [-0.39, 0.29) is 66.0 Å². The first-order valence-electron chi connectivity index (χ1n) is 11.2. The van der Waals surface area contributed by atoms with Gasteiger partial charge in [-0.05, 0) is 62.6 Å². The number of aromatic nitrogens is 3. The van der Waals surface area contributed by atoms with Crippen LogP contribution in [0.4, 0.5) is 5.69 Å². The van der Waals surface area contributed by atoms with Gasteiger partial charge in [0.05, 0.1) is 24.2 Å². The van der Waals surface area contributed by atoms with Gasteiger partial charge in [0, 0.05) is 34.3 Å². The minimum atomic E-state index is -0.357. The molecule has 0 spiro atoms. The first-order chi connectivity index (χ1) is 15.6. The van der Waals surface area contributed by atoms with Crippen molar-refractivity contribution in [3.05, 3.63) is 52.6 Å². The molecule has 0 atom stereocenters. The number of carbonyl (C=O) groups excluding carboxylic acids is 1. The first-order valence-corrected chi connectivity index (χ1v) is 12.7. The zero-order valence-electron chi connectivity index (χ0n) is 19.5. The van der Waals surface area contributed by atoms with Gasteiger partial charge in [-0.3, -0.25) is 14.3 Å². The van der Waals surface area contributed by atoms with E-state index in [4.69, 9.17) is 9.84 Å². The molecule has 0 unspecified atom stereocenters. The Morgan fingerprint density at radius 1 is 1.18 bits per heavy atom. The fraction of sp³-hybridized carbons (Fsp3) is 0.458. The van der Waals surface area contributed by atoms with E-state index in [1.807, 2.05) is 18.3 Å². The number of pyridine rings is 1. The third-order valence-corrected chi connectivity index (χ3v) is 7.91. The fourth-order valence-corrected chi connectivity index (χ4v) is 5.48. The summed E-state index contributed by atoms with van der Waals surface area (Å²) in [4.78, 5) is 25.8. The van der Waals surface area contributed by atoms with E-state index in [1.165, 1.54) is 17.3 Å². The number of methoxy groups -OCH3 is 1. The number of benzene rings is 1. The van der Waals surface area contributed by atoms with E-state index in [2.05, 4.69) is 32.6 Å². The Morgan fingerprint density at radius 3 is 2.53 bits per heavy atom. The average Bonchev–Trinajstić information content (AvgIpc) is 3.57. The molecular formula is C24H27I2LiN4O3. The van der Waals surface area contributed by atoms with Crippen LogP contribution in [0.5, 0.6) is 5.75 Å². The molecule has 0 radical (unpaired) electrons. The van der Waals surface area contributed by atoms with Crippen molar-refractivity contribution in [2.45, 2.75) is 50.6 Å². The largest absolute Gasteiger partial charge is 1.00 e. The van der Waals surface area contributed by atoms with Gasteiger partial charge >= 0.3 is 18.9 Å². The molecule has 1 amide bonds. The van der Waals surface area contributed by atoms with Crippen LogP contribution in [0.2, 0.25) is 0 Å². The van der Waals surface area contributed by atoms with Crippen molar-refractivity contribution in [1.82, 2.24) is 14.3 Å². The monoisotopic (exact) mass is 680 g/mol. The molecule has 2 aliphatic carbocycles. The molecule has 2 heterocycles. The summed E-state index contributed by atoms with van der Waals surface area (Å²) >= 11 is 2.48. The molecular weight excluding hydrogens is 653 g/mol. The maximum Gasteiger partial charge on any atom is 1.00 e. The zero-order chi connectivity index (χ0) is 22.2. The maximum absolute atomic E-state index is 13.1. The number of amides is 1. The number of hydrogen-bond acceptors (Lipinski definition) is 4. The van der Waals surface area contributed by atoms with Crippen LogP contribution in [0.3, 0.4) is 0 Å². The Labute approximate surface area is 241 Å². The van der Waals surface area contributed by atoms with Gasteiger partial charge in [-0.15, -0.1) is 0 Å². The van der Waals surface area contributed by atoms with Crippen molar-refractivity contribution < 1.29 is 52.4 Å². The van der Waals surface area contributed by atoms with Gasteiger partial charge < -0.3 is 38.6 Å². The van der Waals surface area contributed by atoms with Crippen LogP contribution in [-0.2, 0) is 0 Å². The fourth-order valence-electron chi connectivity index (χ4n) is 4.60. The Kier molecular flexibility index (Phi) is 9.56. The van der Waals surface area contributed by atoms with Crippen molar-refractivity contribution in [2.24, 2.45) is 5.92 Å². The van der Waals surface area contributed by atoms with E-state index in [0.717, 1.165) is 42.5 Å². The second-order valence-electron chi connectivity index (χ2n) is 8.87. The van der Waals surface area contributed by atoms with E-state index >= 15 is 0 Å². The van der Waals surface area contributed by atoms with Gasteiger partial charge in [0.1, 0.15) is 11.4 Å². The summed E-state index contributed by atoms with van der Waals surface area (Å²) in [7, 11) is 1.54. The molecule has 176 valence electrons. The molecule has 1 N–H and O–H groups in total. The van der Waals surface area contributed by atoms with E-state index in [1.54, 1.807) is 30.0 Å². The number of nitrogens with one attached hydrogen (secondary N) is 1. The van der Waals surface area contributed by atoms with E-state index < -0.39 is 0 Å². The smallest absolute Gasteiger partial charge is 1.00 e. The van der Waals surface area contributed by atoms with Crippen molar-refractivity contribution >= 4 is 45.1 Å². The van der Waals surface area contributed by atoms with Gasteiger partial charge in [-0.25, -0.2) is 0 Å². The minimum Gasteiger partial charge on any atom is -1.00 e. The second kappa shape index (κ2) is 11.8. The average molecular weight is 680 g/mol. The summed E-state index contributed by atoms with van der Waals surface area (Å²) < 4.78 is 10.5. The van der Waals surface area contributed by atoms with E-state index in [0.29, 0.717) is 17.4 Å². The SMILES string of the molecule is COc1cc2nn(C3CCC(CI)CC3)cc2cc1C(=O)Nc1cccn(C2CC2)c1=O.[I-].[Li+]. The number of hydrogen-bond donors (Lipinski definition) is 1. The van der Waals surface area contributed by atoms with Gasteiger partial charge in [0.25, 0.3) is 11.5 Å². The minimum absolute atomic E-state index is 0. The molecule has 7 nitrogen and oxygen atoms in total. The Bertz CT molecular complexity index is 1220. The van der Waals surface area contributed by atoms with Crippen molar-refractivity contribution in [3.8, 4) is 5.75 Å². The molecule has 2 saturated carbocycles. The number of halogens is 2. The third kappa shape index (κ3) is 5.68. The maximum atomic E-state index is 13.1. The molecule has 5 rings (SSSR count). The summed E-state index contributed by atoms with van der Waals surface area (Å²) in [6, 6.07) is 7.72. The van der Waals surface area contributed by atoms with Gasteiger partial charge in [0.15, 0.2) is 0 Å². The van der Waals surface area contributed by atoms with Gasteiger partial charge in [-0.2, -0.15) is 5.10 Å². The molecule has 2 fully saturated rings. The number of fused-ring (bicyclic) bond motifs is 1. The Morgan fingerprint density at radius 2 is 1.88 bits per heavy atom. The number of nitrogens with zero attached hydrogens (tertiary/aromatic N) is 3. The van der Waals surface area contributed by atoms with Crippen LogP contribution < -0.4 is 58.5 Å². The molecule has 34 heavy (non-hydrogen) atoms. The molecule has 10 heteroatoms. The first kappa shape index (κ1) is 27.6. The molecule has 3 aromatic rings. The zero-order valence-corrected chi connectivity index (χ0v) is 23.8. The molecule has 0 bridgehead atoms. The number of alkyl halides is 1. The third-order valence-electron chi connectivity index (χ3n) is 6.66. The number of rotatable bonds is 6. The van der Waals surface area contributed by atoms with Crippen molar-refractivity contribution in [1.29, 1.82) is 0 Å². The van der Waals surface area contributed by atoms with Crippen molar-refractivity contribution in [3.63, 3.8) is 0 Å². The molecule has 0 saturated heterocycles. The topological polar surface area (TPSA) is 78.2 Å². The predicted octanol–water partition coefficient (Wildman–Crippen LogP) is -1.03. The molecule has 2 aliphatic rings. The molecule has 1 aromatic carbocycles. The van der Waals surface area contributed by atoms with Gasteiger partial charge in [0.2, 0.25) is 0 Å². The van der Waals surface area contributed by atoms with Crippen LogP contribution in [0.1, 0.15) is 61.0 Å². The summed E-state index contributed by atoms with van der Waals surface area (Å²) in [5, 5.41) is 8.47. The summed E-state index contributed by atoms with van der Waals surface area (Å²) in [5.74, 6) is 0.909. The number of anilines is 1. The Hall–Kier alpha value is -1.03.